The van der Waals surface area contributed by atoms with Gasteiger partial charge in [0.15, 0.2) is 0 Å². The van der Waals surface area contributed by atoms with E-state index < -0.39 is 0 Å². The maximum absolute atomic E-state index is 4.52. The van der Waals surface area contributed by atoms with Crippen LogP contribution in [0, 0.1) is 0 Å². The predicted octanol–water partition coefficient (Wildman–Crippen LogP) is 3.33. The molecule has 14 heavy (non-hydrogen) atoms. The molecule has 0 aliphatic heterocycles. The lowest BCUT2D eigenvalue weighted by Crippen LogP contribution is -1.92. The summed E-state index contributed by atoms with van der Waals surface area (Å²) in [5.74, 6) is 0.983. The average Bonchev–Trinajstić information content (AvgIpc) is 2.61. The highest BCUT2D eigenvalue weighted by Gasteiger charge is 2.09. The standard InChI is InChI=1S/C11H14N2S/c1-2-5-10(14)11-12-8-6-3-4-7-9(8)13-11/h3-4,6-7,10,14H,2,5H2,1H3,(H,12,13). The van der Waals surface area contributed by atoms with Crippen molar-refractivity contribution >= 4 is 23.7 Å². The first-order valence-electron chi connectivity index (χ1n) is 4.94. The molecule has 1 N–H and O–H groups in total. The lowest BCUT2D eigenvalue weighted by molar-refractivity contribution is 0.752. The highest BCUT2D eigenvalue weighted by molar-refractivity contribution is 7.80. The van der Waals surface area contributed by atoms with E-state index >= 15 is 0 Å². The monoisotopic (exact) mass is 206 g/mol. The molecule has 0 amide bonds. The second kappa shape index (κ2) is 4.05. The van der Waals surface area contributed by atoms with Gasteiger partial charge >= 0.3 is 0 Å². The van der Waals surface area contributed by atoms with Gasteiger partial charge in [-0.25, -0.2) is 4.98 Å². The largest absolute Gasteiger partial charge is 0.341 e. The third-order valence-electron chi connectivity index (χ3n) is 2.29. The first-order valence-corrected chi connectivity index (χ1v) is 5.45. The molecule has 0 fully saturated rings. The van der Waals surface area contributed by atoms with Crippen molar-refractivity contribution in [2.75, 3.05) is 0 Å². The zero-order valence-corrected chi connectivity index (χ0v) is 9.09. The van der Waals surface area contributed by atoms with E-state index in [1.54, 1.807) is 0 Å². The van der Waals surface area contributed by atoms with E-state index in [0.717, 1.165) is 29.7 Å². The van der Waals surface area contributed by atoms with E-state index in [1.165, 1.54) is 0 Å². The molecule has 2 aromatic rings. The smallest absolute Gasteiger partial charge is 0.120 e. The van der Waals surface area contributed by atoms with Gasteiger partial charge in [-0.2, -0.15) is 12.6 Å². The molecule has 1 heterocycles. The Bertz CT molecular complexity index is 389. The molecule has 2 rings (SSSR count). The summed E-state index contributed by atoms with van der Waals surface area (Å²) < 4.78 is 0. The number of aromatic amines is 1. The van der Waals surface area contributed by atoms with Gasteiger partial charge < -0.3 is 4.98 Å². The number of hydrogen-bond donors (Lipinski definition) is 2. The minimum absolute atomic E-state index is 0.229. The van der Waals surface area contributed by atoms with Crippen LogP contribution in [0.15, 0.2) is 24.3 Å². The van der Waals surface area contributed by atoms with Crippen molar-refractivity contribution in [3.63, 3.8) is 0 Å². The number of nitrogens with zero attached hydrogens (tertiary/aromatic N) is 1. The van der Waals surface area contributed by atoms with Crippen molar-refractivity contribution in [1.29, 1.82) is 0 Å². The number of thiol groups is 1. The Balaban J connectivity index is 2.35. The van der Waals surface area contributed by atoms with Gasteiger partial charge in [0.1, 0.15) is 5.82 Å². The van der Waals surface area contributed by atoms with E-state index in [1.807, 2.05) is 24.3 Å². The van der Waals surface area contributed by atoms with Crippen molar-refractivity contribution in [2.24, 2.45) is 0 Å². The zero-order valence-electron chi connectivity index (χ0n) is 8.20. The van der Waals surface area contributed by atoms with E-state index in [4.69, 9.17) is 0 Å². The molecule has 1 unspecified atom stereocenters. The quantitative estimate of drug-likeness (QED) is 0.741. The van der Waals surface area contributed by atoms with Gasteiger partial charge in [-0.05, 0) is 18.6 Å². The average molecular weight is 206 g/mol. The Labute approximate surface area is 89.2 Å². The Morgan fingerprint density at radius 3 is 2.93 bits per heavy atom. The van der Waals surface area contributed by atoms with Crippen LogP contribution < -0.4 is 0 Å². The molecule has 0 radical (unpaired) electrons. The van der Waals surface area contributed by atoms with Crippen LogP contribution in [-0.2, 0) is 0 Å². The molecule has 0 aliphatic carbocycles. The molecule has 1 aromatic carbocycles. The number of nitrogens with one attached hydrogen (secondary N) is 1. The SMILES string of the molecule is CCCC(S)c1nc2ccccc2[nH]1. The first-order chi connectivity index (χ1) is 6.81. The Morgan fingerprint density at radius 2 is 2.21 bits per heavy atom. The van der Waals surface area contributed by atoms with E-state index in [0.29, 0.717) is 0 Å². The van der Waals surface area contributed by atoms with Crippen LogP contribution in [0.25, 0.3) is 11.0 Å². The molecule has 74 valence electrons. The Hall–Kier alpha value is -0.960. The minimum atomic E-state index is 0.229. The van der Waals surface area contributed by atoms with Crippen LogP contribution in [-0.4, -0.2) is 9.97 Å². The molecule has 0 bridgehead atoms. The maximum Gasteiger partial charge on any atom is 0.120 e. The van der Waals surface area contributed by atoms with Crippen LogP contribution >= 0.6 is 12.6 Å². The van der Waals surface area contributed by atoms with Crippen LogP contribution in [0.4, 0.5) is 0 Å². The molecular weight excluding hydrogens is 192 g/mol. The van der Waals surface area contributed by atoms with Crippen LogP contribution in [0.1, 0.15) is 30.8 Å². The molecule has 0 saturated carbocycles. The molecule has 1 atom stereocenters. The minimum Gasteiger partial charge on any atom is -0.341 e. The van der Waals surface area contributed by atoms with Gasteiger partial charge in [-0.1, -0.05) is 25.5 Å². The lowest BCUT2D eigenvalue weighted by Gasteiger charge is -2.03. The predicted molar refractivity (Wildman–Crippen MR) is 62.7 cm³/mol. The number of fused-ring (bicyclic) bond motifs is 1. The fraction of sp³-hybridized carbons (Fsp3) is 0.364. The number of rotatable bonds is 3. The van der Waals surface area contributed by atoms with Crippen molar-refractivity contribution in [3.8, 4) is 0 Å². The van der Waals surface area contributed by atoms with E-state index in [9.17, 15) is 0 Å². The number of imidazole rings is 1. The summed E-state index contributed by atoms with van der Waals surface area (Å²) in [7, 11) is 0. The molecule has 3 heteroatoms. The van der Waals surface area contributed by atoms with Crippen molar-refractivity contribution in [1.82, 2.24) is 9.97 Å². The third-order valence-corrected chi connectivity index (χ3v) is 2.79. The Morgan fingerprint density at radius 1 is 1.43 bits per heavy atom. The summed E-state index contributed by atoms with van der Waals surface area (Å²) in [5, 5.41) is 0.229. The van der Waals surface area contributed by atoms with Crippen LogP contribution in [0.5, 0.6) is 0 Å². The molecule has 0 saturated heterocycles. The highest BCUT2D eigenvalue weighted by Crippen LogP contribution is 2.24. The summed E-state index contributed by atoms with van der Waals surface area (Å²) in [6.07, 6.45) is 2.19. The number of hydrogen-bond acceptors (Lipinski definition) is 2. The summed E-state index contributed by atoms with van der Waals surface area (Å²) >= 11 is 4.52. The van der Waals surface area contributed by atoms with E-state index in [-0.39, 0.29) is 5.25 Å². The molecule has 0 spiro atoms. The fourth-order valence-electron chi connectivity index (χ4n) is 1.54. The van der Waals surface area contributed by atoms with E-state index in [2.05, 4.69) is 29.5 Å². The summed E-state index contributed by atoms with van der Waals surface area (Å²) in [6.45, 7) is 2.16. The normalized spacial score (nSPS) is 13.3. The van der Waals surface area contributed by atoms with Crippen molar-refractivity contribution in [3.05, 3.63) is 30.1 Å². The molecular formula is C11H14N2S. The van der Waals surface area contributed by atoms with Crippen LogP contribution in [0.3, 0.4) is 0 Å². The summed E-state index contributed by atoms with van der Waals surface area (Å²) in [6, 6.07) is 8.07. The number of benzene rings is 1. The topological polar surface area (TPSA) is 28.7 Å². The van der Waals surface area contributed by atoms with Gasteiger partial charge in [0, 0.05) is 0 Å². The van der Waals surface area contributed by atoms with Gasteiger partial charge in [-0.3, -0.25) is 0 Å². The Kier molecular flexibility index (Phi) is 2.77. The van der Waals surface area contributed by atoms with Gasteiger partial charge in [0.2, 0.25) is 0 Å². The van der Waals surface area contributed by atoms with Crippen LogP contribution in [0.2, 0.25) is 0 Å². The summed E-state index contributed by atoms with van der Waals surface area (Å²) in [4.78, 5) is 7.79. The number of aromatic nitrogens is 2. The maximum atomic E-state index is 4.52. The first kappa shape index (κ1) is 9.59. The van der Waals surface area contributed by atoms with Crippen molar-refractivity contribution < 1.29 is 0 Å². The van der Waals surface area contributed by atoms with Crippen molar-refractivity contribution in [2.45, 2.75) is 25.0 Å². The number of para-hydroxylation sites is 2. The molecule has 1 aromatic heterocycles. The third kappa shape index (κ3) is 1.77. The number of H-pyrrole nitrogens is 1. The van der Waals surface area contributed by atoms with Gasteiger partial charge in [0.25, 0.3) is 0 Å². The molecule has 0 aliphatic rings. The van der Waals surface area contributed by atoms with Gasteiger partial charge in [-0.15, -0.1) is 0 Å². The second-order valence-corrected chi connectivity index (χ2v) is 4.07. The highest BCUT2D eigenvalue weighted by atomic mass is 32.1. The lowest BCUT2D eigenvalue weighted by atomic mass is 10.2. The summed E-state index contributed by atoms with van der Waals surface area (Å²) in [5.41, 5.74) is 2.12. The van der Waals surface area contributed by atoms with Gasteiger partial charge in [0.05, 0.1) is 16.3 Å². The second-order valence-electron chi connectivity index (χ2n) is 3.44. The molecule has 2 nitrogen and oxygen atoms in total. The zero-order chi connectivity index (χ0) is 9.97. The fourth-order valence-corrected chi connectivity index (χ4v) is 1.92.